The second-order valence-corrected chi connectivity index (χ2v) is 6.36. The largest absolute Gasteiger partial charge is 0.492 e. The van der Waals surface area contributed by atoms with Crippen LogP contribution < -0.4 is 10.1 Å². The van der Waals surface area contributed by atoms with Gasteiger partial charge in [-0.2, -0.15) is 0 Å². The van der Waals surface area contributed by atoms with Crippen molar-refractivity contribution in [1.29, 1.82) is 0 Å². The summed E-state index contributed by atoms with van der Waals surface area (Å²) in [7, 11) is 0. The smallest absolute Gasteiger partial charge is 0.335 e. The second kappa shape index (κ2) is 9.22. The number of carbonyl (C=O) groups excluding carboxylic acids is 1. The number of aromatic carboxylic acids is 1. The Morgan fingerprint density at radius 1 is 1.16 bits per heavy atom. The molecule has 1 amide bonds. The molecular formula is C19H20BrNO4. The van der Waals surface area contributed by atoms with E-state index < -0.39 is 5.97 Å². The molecule has 2 N–H and O–H groups in total. The van der Waals surface area contributed by atoms with Gasteiger partial charge in [-0.3, -0.25) is 4.79 Å². The predicted molar refractivity (Wildman–Crippen MR) is 100 cm³/mol. The van der Waals surface area contributed by atoms with Gasteiger partial charge in [0.2, 0.25) is 5.91 Å². The van der Waals surface area contributed by atoms with Crippen LogP contribution in [0, 0.1) is 0 Å². The topological polar surface area (TPSA) is 75.6 Å². The fraction of sp³-hybridized carbons (Fsp3) is 0.263. The molecule has 0 unspecified atom stereocenters. The Bertz CT molecular complexity index is 744. The van der Waals surface area contributed by atoms with Gasteiger partial charge in [0.25, 0.3) is 0 Å². The third kappa shape index (κ3) is 5.90. The third-order valence-electron chi connectivity index (χ3n) is 3.63. The van der Waals surface area contributed by atoms with Crippen molar-refractivity contribution in [2.45, 2.75) is 26.2 Å². The number of anilines is 1. The molecular weight excluding hydrogens is 386 g/mol. The van der Waals surface area contributed by atoms with Crippen molar-refractivity contribution in [3.63, 3.8) is 0 Å². The van der Waals surface area contributed by atoms with Crippen LogP contribution in [0.3, 0.4) is 0 Å². The molecule has 0 saturated heterocycles. The average molecular weight is 406 g/mol. The van der Waals surface area contributed by atoms with Gasteiger partial charge >= 0.3 is 5.97 Å². The molecule has 132 valence electrons. The highest BCUT2D eigenvalue weighted by molar-refractivity contribution is 9.10. The highest BCUT2D eigenvalue weighted by Gasteiger charge is 2.06. The van der Waals surface area contributed by atoms with Crippen LogP contribution in [-0.2, 0) is 11.2 Å². The van der Waals surface area contributed by atoms with E-state index in [9.17, 15) is 9.59 Å². The van der Waals surface area contributed by atoms with Crippen LogP contribution in [0.5, 0.6) is 5.75 Å². The van der Waals surface area contributed by atoms with Crippen LogP contribution in [0.2, 0.25) is 0 Å². The van der Waals surface area contributed by atoms with Crippen LogP contribution in [0.1, 0.15) is 35.7 Å². The zero-order chi connectivity index (χ0) is 18.2. The summed E-state index contributed by atoms with van der Waals surface area (Å²) in [6.07, 6.45) is 1.87. The molecule has 0 bridgehead atoms. The molecule has 25 heavy (non-hydrogen) atoms. The van der Waals surface area contributed by atoms with Crippen LogP contribution in [-0.4, -0.2) is 23.6 Å². The number of carboxylic acid groups (broad SMARTS) is 1. The molecule has 0 radical (unpaired) electrons. The molecule has 0 aliphatic carbocycles. The summed E-state index contributed by atoms with van der Waals surface area (Å²) in [5, 5.41) is 11.6. The number of nitrogens with one attached hydrogen (secondary N) is 1. The minimum absolute atomic E-state index is 0.132. The highest BCUT2D eigenvalue weighted by Crippen LogP contribution is 2.26. The van der Waals surface area contributed by atoms with Gasteiger partial charge in [0.05, 0.1) is 16.6 Å². The van der Waals surface area contributed by atoms with E-state index in [1.807, 2.05) is 18.2 Å². The molecule has 0 saturated carbocycles. The van der Waals surface area contributed by atoms with Crippen molar-refractivity contribution in [3.8, 4) is 5.75 Å². The first kappa shape index (κ1) is 19.0. The summed E-state index contributed by atoms with van der Waals surface area (Å²) in [5.41, 5.74) is 1.99. The standard InChI is InChI=1S/C19H20BrNO4/c1-2-13-5-10-17(16(20)12-13)25-11-3-4-18(22)21-15-8-6-14(7-9-15)19(23)24/h5-10,12H,2-4,11H2,1H3,(H,21,22)(H,23,24). The van der Waals surface area contributed by atoms with Gasteiger partial charge in [0.1, 0.15) is 5.75 Å². The Labute approximate surface area is 155 Å². The lowest BCUT2D eigenvalue weighted by atomic mass is 10.2. The highest BCUT2D eigenvalue weighted by atomic mass is 79.9. The molecule has 2 aromatic rings. The van der Waals surface area contributed by atoms with Crippen molar-refractivity contribution in [3.05, 3.63) is 58.1 Å². The number of carboxylic acids is 1. The van der Waals surface area contributed by atoms with Gasteiger partial charge in [-0.25, -0.2) is 4.79 Å². The Morgan fingerprint density at radius 2 is 1.88 bits per heavy atom. The Morgan fingerprint density at radius 3 is 2.48 bits per heavy atom. The lowest BCUT2D eigenvalue weighted by Gasteiger charge is -2.09. The first-order chi connectivity index (χ1) is 12.0. The van der Waals surface area contributed by atoms with Crippen molar-refractivity contribution in [2.75, 3.05) is 11.9 Å². The van der Waals surface area contributed by atoms with Crippen molar-refractivity contribution < 1.29 is 19.4 Å². The maximum Gasteiger partial charge on any atom is 0.335 e. The molecule has 0 aromatic heterocycles. The van der Waals surface area contributed by atoms with Gasteiger partial charge in [-0.05, 0) is 70.7 Å². The zero-order valence-electron chi connectivity index (χ0n) is 13.9. The Kier molecular flexibility index (Phi) is 7.01. The zero-order valence-corrected chi connectivity index (χ0v) is 15.5. The maximum absolute atomic E-state index is 11.9. The van der Waals surface area contributed by atoms with Crippen LogP contribution in [0.4, 0.5) is 5.69 Å². The number of aryl methyl sites for hydroxylation is 1. The fourth-order valence-electron chi connectivity index (χ4n) is 2.22. The first-order valence-corrected chi connectivity index (χ1v) is 8.83. The molecule has 0 fully saturated rings. The third-order valence-corrected chi connectivity index (χ3v) is 4.25. The summed E-state index contributed by atoms with van der Waals surface area (Å²) in [4.78, 5) is 22.7. The SMILES string of the molecule is CCc1ccc(OCCCC(=O)Nc2ccc(C(=O)O)cc2)c(Br)c1. The van der Waals surface area contributed by atoms with Gasteiger partial charge in [0.15, 0.2) is 0 Å². The summed E-state index contributed by atoms with van der Waals surface area (Å²) < 4.78 is 6.60. The molecule has 0 heterocycles. The number of hydrogen-bond donors (Lipinski definition) is 2. The van der Waals surface area contributed by atoms with Gasteiger partial charge < -0.3 is 15.2 Å². The van der Waals surface area contributed by atoms with Crippen LogP contribution in [0.25, 0.3) is 0 Å². The number of rotatable bonds is 8. The molecule has 0 aliphatic rings. The predicted octanol–water partition coefficient (Wildman–Crippen LogP) is 4.51. The summed E-state index contributed by atoms with van der Waals surface area (Å²) >= 11 is 3.48. The second-order valence-electron chi connectivity index (χ2n) is 5.50. The van der Waals surface area contributed by atoms with E-state index in [1.54, 1.807) is 12.1 Å². The Hall–Kier alpha value is -2.34. The summed E-state index contributed by atoms with van der Waals surface area (Å²) in [5.74, 6) is -0.359. The Balaban J connectivity index is 1.74. The lowest BCUT2D eigenvalue weighted by Crippen LogP contribution is -2.13. The van der Waals surface area contributed by atoms with E-state index in [0.717, 1.165) is 16.6 Å². The van der Waals surface area contributed by atoms with E-state index in [0.29, 0.717) is 25.1 Å². The van der Waals surface area contributed by atoms with Crippen LogP contribution >= 0.6 is 15.9 Å². The fourth-order valence-corrected chi connectivity index (χ4v) is 2.76. The number of ether oxygens (including phenoxy) is 1. The minimum Gasteiger partial charge on any atom is -0.492 e. The summed E-state index contributed by atoms with van der Waals surface area (Å²) in [6.45, 7) is 2.53. The van der Waals surface area contributed by atoms with E-state index in [4.69, 9.17) is 9.84 Å². The van der Waals surface area contributed by atoms with Gasteiger partial charge in [-0.1, -0.05) is 13.0 Å². The van der Waals surface area contributed by atoms with E-state index in [2.05, 4.69) is 28.2 Å². The van der Waals surface area contributed by atoms with E-state index in [1.165, 1.54) is 17.7 Å². The minimum atomic E-state index is -0.992. The number of hydrogen-bond acceptors (Lipinski definition) is 3. The van der Waals surface area contributed by atoms with Crippen molar-refractivity contribution >= 4 is 33.5 Å². The maximum atomic E-state index is 11.9. The molecule has 5 nitrogen and oxygen atoms in total. The number of carbonyl (C=O) groups is 2. The van der Waals surface area contributed by atoms with Crippen LogP contribution in [0.15, 0.2) is 46.9 Å². The van der Waals surface area contributed by atoms with Crippen molar-refractivity contribution in [1.82, 2.24) is 0 Å². The number of amides is 1. The summed E-state index contributed by atoms with van der Waals surface area (Å²) in [6, 6.07) is 12.0. The molecule has 0 atom stereocenters. The molecule has 2 aromatic carbocycles. The monoisotopic (exact) mass is 405 g/mol. The first-order valence-electron chi connectivity index (χ1n) is 8.04. The van der Waals surface area contributed by atoms with Gasteiger partial charge in [0, 0.05) is 12.1 Å². The molecule has 0 aliphatic heterocycles. The number of halogens is 1. The van der Waals surface area contributed by atoms with Crippen molar-refractivity contribution in [2.24, 2.45) is 0 Å². The quantitative estimate of drug-likeness (QED) is 0.633. The normalized spacial score (nSPS) is 10.3. The lowest BCUT2D eigenvalue weighted by molar-refractivity contribution is -0.116. The van der Waals surface area contributed by atoms with E-state index >= 15 is 0 Å². The van der Waals surface area contributed by atoms with E-state index in [-0.39, 0.29) is 11.5 Å². The number of benzene rings is 2. The molecule has 2 rings (SSSR count). The van der Waals surface area contributed by atoms with Gasteiger partial charge in [-0.15, -0.1) is 0 Å². The molecule has 0 spiro atoms. The molecule has 6 heteroatoms. The average Bonchev–Trinajstić information content (AvgIpc) is 2.60.